The summed E-state index contributed by atoms with van der Waals surface area (Å²) in [4.78, 5) is 8.89. The van der Waals surface area contributed by atoms with Gasteiger partial charge in [-0.25, -0.2) is 9.97 Å². The molecule has 0 saturated carbocycles. The van der Waals surface area contributed by atoms with E-state index in [0.29, 0.717) is 18.7 Å². The lowest BCUT2D eigenvalue weighted by atomic mass is 10.0. The van der Waals surface area contributed by atoms with Gasteiger partial charge in [-0.05, 0) is 12.8 Å². The highest BCUT2D eigenvalue weighted by Crippen LogP contribution is 2.34. The van der Waals surface area contributed by atoms with Crippen LogP contribution < -0.4 is 5.32 Å². The minimum absolute atomic E-state index is 0.496. The maximum absolute atomic E-state index is 5.05. The maximum Gasteiger partial charge on any atom is 0.154 e. The molecule has 1 N–H and O–H groups in total. The van der Waals surface area contributed by atoms with Crippen molar-refractivity contribution in [3.63, 3.8) is 0 Å². The fourth-order valence-electron chi connectivity index (χ4n) is 2.58. The van der Waals surface area contributed by atoms with Gasteiger partial charge in [0, 0.05) is 37.4 Å². The van der Waals surface area contributed by atoms with Gasteiger partial charge in [0.2, 0.25) is 0 Å². The van der Waals surface area contributed by atoms with E-state index in [2.05, 4.69) is 15.3 Å². The number of nitrogens with zero attached hydrogens (tertiary/aromatic N) is 2. The average molecular weight is 205 g/mol. The van der Waals surface area contributed by atoms with E-state index in [1.807, 2.05) is 6.20 Å². The van der Waals surface area contributed by atoms with Crippen molar-refractivity contribution >= 4 is 0 Å². The minimum atomic E-state index is 0.496. The minimum Gasteiger partial charge on any atom is -0.377 e. The molecule has 1 aromatic heterocycles. The van der Waals surface area contributed by atoms with Crippen LogP contribution in [-0.4, -0.2) is 23.1 Å². The van der Waals surface area contributed by atoms with E-state index in [0.717, 1.165) is 12.2 Å². The van der Waals surface area contributed by atoms with Crippen LogP contribution in [0.2, 0.25) is 0 Å². The van der Waals surface area contributed by atoms with Gasteiger partial charge in [0.05, 0.1) is 5.69 Å². The molecule has 4 nitrogen and oxygen atoms in total. The summed E-state index contributed by atoms with van der Waals surface area (Å²) in [6.07, 6.45) is 5.51. The van der Waals surface area contributed by atoms with E-state index in [9.17, 15) is 0 Å². The molecular formula is C11H15N3O. The Morgan fingerprint density at radius 3 is 3.33 bits per heavy atom. The monoisotopic (exact) mass is 205 g/mol. The molecule has 3 rings (SSSR count). The van der Waals surface area contributed by atoms with Gasteiger partial charge in [-0.2, -0.15) is 0 Å². The summed E-state index contributed by atoms with van der Waals surface area (Å²) in [5.41, 5.74) is 2.52. The van der Waals surface area contributed by atoms with Crippen LogP contribution >= 0.6 is 0 Å². The Balaban J connectivity index is 1.95. The van der Waals surface area contributed by atoms with Crippen LogP contribution in [0.1, 0.15) is 36.0 Å². The average Bonchev–Trinajstić information content (AvgIpc) is 2.62. The van der Waals surface area contributed by atoms with E-state index >= 15 is 0 Å². The normalized spacial score (nSPS) is 27.8. The van der Waals surface area contributed by atoms with Crippen molar-refractivity contribution in [3.8, 4) is 0 Å². The lowest BCUT2D eigenvalue weighted by Gasteiger charge is -2.23. The van der Waals surface area contributed by atoms with Crippen molar-refractivity contribution in [2.45, 2.75) is 38.0 Å². The van der Waals surface area contributed by atoms with Gasteiger partial charge in [-0.1, -0.05) is 0 Å². The molecule has 2 unspecified atom stereocenters. The number of nitrogens with one attached hydrogen (secondary N) is 1. The van der Waals surface area contributed by atoms with E-state index in [4.69, 9.17) is 4.74 Å². The van der Waals surface area contributed by atoms with Crippen LogP contribution in [-0.2, 0) is 17.8 Å². The Morgan fingerprint density at radius 1 is 1.53 bits per heavy atom. The lowest BCUT2D eigenvalue weighted by molar-refractivity contribution is 0.177. The zero-order valence-electron chi connectivity index (χ0n) is 8.86. The molecule has 3 heterocycles. The predicted molar refractivity (Wildman–Crippen MR) is 55.3 cm³/mol. The molecule has 1 aromatic rings. The first-order valence-corrected chi connectivity index (χ1v) is 5.46. The highest BCUT2D eigenvalue weighted by Gasteiger charge is 2.33. The predicted octanol–water partition coefficient (Wildman–Crippen LogP) is 0.972. The van der Waals surface area contributed by atoms with E-state index in [1.165, 1.54) is 24.1 Å². The Bertz CT molecular complexity index is 380. The van der Waals surface area contributed by atoms with Gasteiger partial charge >= 0.3 is 0 Å². The molecule has 1 saturated heterocycles. The third-order valence-corrected chi connectivity index (χ3v) is 3.28. The topological polar surface area (TPSA) is 47.0 Å². The quantitative estimate of drug-likeness (QED) is 0.781. The van der Waals surface area contributed by atoms with Crippen molar-refractivity contribution in [1.82, 2.24) is 15.3 Å². The van der Waals surface area contributed by atoms with Gasteiger partial charge in [-0.3, -0.25) is 0 Å². The van der Waals surface area contributed by atoms with Crippen LogP contribution in [0.15, 0.2) is 6.20 Å². The van der Waals surface area contributed by atoms with E-state index in [1.54, 1.807) is 7.11 Å². The first-order valence-electron chi connectivity index (χ1n) is 5.46. The molecule has 2 bridgehead atoms. The molecule has 0 aromatic carbocycles. The van der Waals surface area contributed by atoms with Crippen molar-refractivity contribution in [2.75, 3.05) is 7.11 Å². The van der Waals surface area contributed by atoms with Crippen LogP contribution in [0.4, 0.5) is 0 Å². The van der Waals surface area contributed by atoms with Gasteiger partial charge < -0.3 is 10.1 Å². The highest BCUT2D eigenvalue weighted by atomic mass is 16.5. The molecular weight excluding hydrogens is 190 g/mol. The molecule has 0 radical (unpaired) electrons. The molecule has 15 heavy (non-hydrogen) atoms. The zero-order chi connectivity index (χ0) is 10.3. The summed E-state index contributed by atoms with van der Waals surface area (Å²) < 4.78 is 5.05. The lowest BCUT2D eigenvalue weighted by Crippen LogP contribution is -2.32. The Morgan fingerprint density at radius 2 is 2.47 bits per heavy atom. The van der Waals surface area contributed by atoms with E-state index in [-0.39, 0.29) is 0 Å². The van der Waals surface area contributed by atoms with E-state index < -0.39 is 0 Å². The molecule has 0 spiro atoms. The second kappa shape index (κ2) is 3.54. The van der Waals surface area contributed by atoms with Crippen molar-refractivity contribution in [1.29, 1.82) is 0 Å². The number of methoxy groups -OCH3 is 1. The number of hydrogen-bond donors (Lipinski definition) is 1. The van der Waals surface area contributed by atoms with Crippen LogP contribution in [0.25, 0.3) is 0 Å². The largest absolute Gasteiger partial charge is 0.377 e. The smallest absolute Gasteiger partial charge is 0.154 e. The summed E-state index contributed by atoms with van der Waals surface area (Å²) in [6.45, 7) is 0.510. The number of aromatic nitrogens is 2. The summed E-state index contributed by atoms with van der Waals surface area (Å²) >= 11 is 0. The third kappa shape index (κ3) is 1.54. The molecule has 2 aliphatic rings. The van der Waals surface area contributed by atoms with Crippen molar-refractivity contribution < 1.29 is 4.74 Å². The van der Waals surface area contributed by atoms with Crippen molar-refractivity contribution in [3.05, 3.63) is 23.3 Å². The van der Waals surface area contributed by atoms with Gasteiger partial charge in [0.25, 0.3) is 0 Å². The Labute approximate surface area is 89.1 Å². The van der Waals surface area contributed by atoms with Gasteiger partial charge in [0.1, 0.15) is 6.61 Å². The SMILES string of the molecule is COCc1ncc2c(n1)CC1CCC2N1. The molecule has 1 fully saturated rings. The fraction of sp³-hybridized carbons (Fsp3) is 0.636. The molecule has 2 atom stereocenters. The summed E-state index contributed by atoms with van der Waals surface area (Å²) in [7, 11) is 1.67. The highest BCUT2D eigenvalue weighted by molar-refractivity contribution is 5.28. The van der Waals surface area contributed by atoms with Crippen molar-refractivity contribution in [2.24, 2.45) is 0 Å². The number of ether oxygens (including phenoxy) is 1. The Kier molecular flexibility index (Phi) is 2.18. The third-order valence-electron chi connectivity index (χ3n) is 3.28. The van der Waals surface area contributed by atoms with Crippen LogP contribution in [0.3, 0.4) is 0 Å². The molecule has 2 aliphatic heterocycles. The first kappa shape index (κ1) is 9.24. The number of hydrogen-bond acceptors (Lipinski definition) is 4. The zero-order valence-corrected chi connectivity index (χ0v) is 8.86. The standard InChI is InChI=1S/C11H15N3O/c1-15-6-11-12-5-8-9-3-2-7(13-9)4-10(8)14-11/h5,7,9,13H,2-4,6H2,1H3. The fourth-order valence-corrected chi connectivity index (χ4v) is 2.58. The summed E-state index contributed by atoms with van der Waals surface area (Å²) in [6, 6.07) is 1.13. The molecule has 0 aliphatic carbocycles. The van der Waals surface area contributed by atoms with Gasteiger partial charge in [-0.15, -0.1) is 0 Å². The molecule has 80 valence electrons. The van der Waals surface area contributed by atoms with Crippen LogP contribution in [0.5, 0.6) is 0 Å². The Hall–Kier alpha value is -1.00. The van der Waals surface area contributed by atoms with Crippen LogP contribution in [0, 0.1) is 0 Å². The second-order valence-corrected chi connectivity index (χ2v) is 4.32. The summed E-state index contributed by atoms with van der Waals surface area (Å²) in [5, 5.41) is 3.59. The number of rotatable bonds is 2. The maximum atomic E-state index is 5.05. The first-order chi connectivity index (χ1) is 7.36. The molecule has 0 amide bonds. The second-order valence-electron chi connectivity index (χ2n) is 4.32. The van der Waals surface area contributed by atoms with Gasteiger partial charge in [0.15, 0.2) is 5.82 Å². The summed E-state index contributed by atoms with van der Waals surface area (Å²) in [5.74, 6) is 0.803. The number of fused-ring (bicyclic) bond motifs is 4. The molecule has 4 heteroatoms.